The first kappa shape index (κ1) is 9.89. The molecular formula is C8H17NS. The lowest BCUT2D eigenvalue weighted by molar-refractivity contribution is 0.291. The molecule has 0 heterocycles. The smallest absolute Gasteiger partial charge is 0.0640 e. The van der Waals surface area contributed by atoms with Gasteiger partial charge in [0.1, 0.15) is 0 Å². The van der Waals surface area contributed by atoms with Crippen molar-refractivity contribution in [2.75, 3.05) is 13.1 Å². The van der Waals surface area contributed by atoms with Gasteiger partial charge in [0, 0.05) is 13.1 Å². The van der Waals surface area contributed by atoms with Crippen LogP contribution in [0.1, 0.15) is 27.7 Å². The molecule has 0 aromatic rings. The molecule has 0 aliphatic rings. The summed E-state index contributed by atoms with van der Waals surface area (Å²) in [4.78, 5) is 2.15. The van der Waals surface area contributed by atoms with Crippen LogP contribution in [-0.2, 0) is 0 Å². The molecule has 0 rings (SSSR count). The van der Waals surface area contributed by atoms with E-state index in [4.69, 9.17) is 12.2 Å². The Hall–Kier alpha value is -0.110. The minimum absolute atomic E-state index is 0.353. The Balaban J connectivity index is 3.74. The molecule has 0 amide bonds. The summed E-state index contributed by atoms with van der Waals surface area (Å²) in [6.07, 6.45) is 0. The summed E-state index contributed by atoms with van der Waals surface area (Å²) in [5, 5.41) is 0. The predicted molar refractivity (Wildman–Crippen MR) is 50.4 cm³/mol. The lowest BCUT2D eigenvalue weighted by Crippen LogP contribution is -2.30. The third-order valence-electron chi connectivity index (χ3n) is 1.23. The van der Waals surface area contributed by atoms with Crippen LogP contribution in [0, 0.1) is 5.41 Å². The highest BCUT2D eigenvalue weighted by Gasteiger charge is 2.12. The molecule has 0 spiro atoms. The van der Waals surface area contributed by atoms with Gasteiger partial charge in [-0.3, -0.25) is 0 Å². The third kappa shape index (κ3) is 4.74. The van der Waals surface area contributed by atoms with Crippen LogP contribution in [0.15, 0.2) is 0 Å². The molecule has 10 heavy (non-hydrogen) atoms. The van der Waals surface area contributed by atoms with E-state index in [0.29, 0.717) is 5.41 Å². The van der Waals surface area contributed by atoms with Crippen LogP contribution in [0.5, 0.6) is 0 Å². The molecule has 1 nitrogen and oxygen atoms in total. The summed E-state index contributed by atoms with van der Waals surface area (Å²) in [6.45, 7) is 10.8. The molecule has 0 saturated carbocycles. The maximum Gasteiger partial charge on any atom is 0.0640 e. The fraction of sp³-hybridized carbons (Fsp3) is 0.875. The Kier molecular flexibility index (Phi) is 3.87. The summed E-state index contributed by atoms with van der Waals surface area (Å²) >= 11 is 4.84. The van der Waals surface area contributed by atoms with Crippen LogP contribution in [0.25, 0.3) is 0 Å². The summed E-state index contributed by atoms with van der Waals surface area (Å²) in [6, 6.07) is 0. The van der Waals surface area contributed by atoms with E-state index in [0.717, 1.165) is 13.1 Å². The van der Waals surface area contributed by atoms with Gasteiger partial charge in [-0.05, 0) is 12.3 Å². The van der Waals surface area contributed by atoms with Gasteiger partial charge in [-0.15, -0.1) is 0 Å². The Bertz CT molecular complexity index is 104. The maximum atomic E-state index is 4.84. The highest BCUT2D eigenvalue weighted by molar-refractivity contribution is 7.78. The molecular weight excluding hydrogens is 142 g/mol. The lowest BCUT2D eigenvalue weighted by Gasteiger charge is -2.26. The molecule has 0 saturated heterocycles. The van der Waals surface area contributed by atoms with Gasteiger partial charge in [0.05, 0.1) is 5.49 Å². The molecule has 0 aromatic heterocycles. The Morgan fingerprint density at radius 2 is 1.90 bits per heavy atom. The topological polar surface area (TPSA) is 3.24 Å². The van der Waals surface area contributed by atoms with Crippen molar-refractivity contribution in [1.82, 2.24) is 4.90 Å². The van der Waals surface area contributed by atoms with Gasteiger partial charge in [0.2, 0.25) is 0 Å². The van der Waals surface area contributed by atoms with E-state index < -0.39 is 0 Å². The van der Waals surface area contributed by atoms with Crippen molar-refractivity contribution in [2.24, 2.45) is 5.41 Å². The number of hydrogen-bond donors (Lipinski definition) is 0. The monoisotopic (exact) mass is 159 g/mol. The number of rotatable bonds is 3. The minimum atomic E-state index is 0.353. The summed E-state index contributed by atoms with van der Waals surface area (Å²) in [7, 11) is 0. The Labute approximate surface area is 69.4 Å². The number of nitrogens with zero attached hydrogens (tertiary/aromatic N) is 1. The molecule has 0 fully saturated rings. The van der Waals surface area contributed by atoms with Gasteiger partial charge in [-0.1, -0.05) is 33.0 Å². The van der Waals surface area contributed by atoms with E-state index in [2.05, 4.69) is 32.6 Å². The number of thiocarbonyl (C=S) groups is 1. The van der Waals surface area contributed by atoms with Crippen LogP contribution in [0.3, 0.4) is 0 Å². The van der Waals surface area contributed by atoms with Gasteiger partial charge in [-0.25, -0.2) is 0 Å². The molecule has 0 atom stereocenters. The fourth-order valence-electron chi connectivity index (χ4n) is 0.833. The lowest BCUT2D eigenvalue weighted by atomic mass is 9.96. The van der Waals surface area contributed by atoms with Gasteiger partial charge < -0.3 is 4.90 Å². The molecule has 0 bridgehead atoms. The molecule has 0 aliphatic heterocycles. The third-order valence-corrected chi connectivity index (χ3v) is 1.53. The highest BCUT2D eigenvalue weighted by atomic mass is 32.1. The van der Waals surface area contributed by atoms with E-state index >= 15 is 0 Å². The molecule has 0 unspecified atom stereocenters. The second kappa shape index (κ2) is 3.91. The van der Waals surface area contributed by atoms with Crippen molar-refractivity contribution in [2.45, 2.75) is 27.7 Å². The van der Waals surface area contributed by atoms with Crippen molar-refractivity contribution in [3.05, 3.63) is 0 Å². The van der Waals surface area contributed by atoms with Crippen molar-refractivity contribution in [1.29, 1.82) is 0 Å². The van der Waals surface area contributed by atoms with E-state index in [1.807, 2.05) is 0 Å². The predicted octanol–water partition coefficient (Wildman–Crippen LogP) is 2.31. The first-order valence-corrected chi connectivity index (χ1v) is 4.16. The van der Waals surface area contributed by atoms with Gasteiger partial charge in [0.25, 0.3) is 0 Å². The first-order chi connectivity index (χ1) is 4.49. The van der Waals surface area contributed by atoms with Gasteiger partial charge >= 0.3 is 0 Å². The highest BCUT2D eigenvalue weighted by Crippen LogP contribution is 2.13. The van der Waals surface area contributed by atoms with Crippen LogP contribution >= 0.6 is 12.2 Å². The molecule has 0 aliphatic carbocycles. The standard InChI is InChI=1S/C8H17NS/c1-5-9(7-10)6-8(2,3)4/h7H,5-6H2,1-4H3. The largest absolute Gasteiger partial charge is 0.368 e. The molecule has 2 heteroatoms. The normalized spacial score (nSPS) is 11.2. The van der Waals surface area contributed by atoms with E-state index in [-0.39, 0.29) is 0 Å². The zero-order valence-corrected chi connectivity index (χ0v) is 8.16. The second-order valence-corrected chi connectivity index (χ2v) is 3.94. The molecule has 60 valence electrons. The minimum Gasteiger partial charge on any atom is -0.368 e. The Morgan fingerprint density at radius 3 is 2.00 bits per heavy atom. The van der Waals surface area contributed by atoms with Gasteiger partial charge in [-0.2, -0.15) is 0 Å². The van der Waals surface area contributed by atoms with Gasteiger partial charge in [0.15, 0.2) is 0 Å². The second-order valence-electron chi connectivity index (χ2n) is 3.73. The summed E-state index contributed by atoms with van der Waals surface area (Å²) in [5.41, 5.74) is 2.09. The van der Waals surface area contributed by atoms with Crippen LogP contribution in [0.2, 0.25) is 0 Å². The zero-order valence-electron chi connectivity index (χ0n) is 7.35. The van der Waals surface area contributed by atoms with E-state index in [9.17, 15) is 0 Å². The summed E-state index contributed by atoms with van der Waals surface area (Å²) in [5.74, 6) is 0. The van der Waals surface area contributed by atoms with Crippen LogP contribution < -0.4 is 0 Å². The van der Waals surface area contributed by atoms with Crippen molar-refractivity contribution in [3.63, 3.8) is 0 Å². The SMILES string of the molecule is CCN(C=S)CC(C)(C)C. The molecule has 0 radical (unpaired) electrons. The van der Waals surface area contributed by atoms with Crippen molar-refractivity contribution < 1.29 is 0 Å². The average Bonchev–Trinajstić information content (AvgIpc) is 1.81. The zero-order chi connectivity index (χ0) is 8.20. The van der Waals surface area contributed by atoms with Crippen LogP contribution in [-0.4, -0.2) is 23.5 Å². The number of hydrogen-bond acceptors (Lipinski definition) is 1. The fourth-order valence-corrected chi connectivity index (χ4v) is 1.06. The quantitative estimate of drug-likeness (QED) is 0.581. The first-order valence-electron chi connectivity index (χ1n) is 3.69. The summed E-state index contributed by atoms with van der Waals surface area (Å²) < 4.78 is 0. The average molecular weight is 159 g/mol. The van der Waals surface area contributed by atoms with Crippen LogP contribution in [0.4, 0.5) is 0 Å². The van der Waals surface area contributed by atoms with E-state index in [1.165, 1.54) is 0 Å². The van der Waals surface area contributed by atoms with Crippen molar-refractivity contribution in [3.8, 4) is 0 Å². The molecule has 0 aromatic carbocycles. The molecule has 0 N–H and O–H groups in total. The maximum absolute atomic E-state index is 4.84. The van der Waals surface area contributed by atoms with E-state index in [1.54, 1.807) is 5.49 Å². The Morgan fingerprint density at radius 1 is 1.40 bits per heavy atom. The van der Waals surface area contributed by atoms with Crippen molar-refractivity contribution >= 4 is 17.7 Å².